The fourth-order valence-corrected chi connectivity index (χ4v) is 5.41. The number of nitrogens with zero attached hydrogens (tertiary/aromatic N) is 7. The predicted molar refractivity (Wildman–Crippen MR) is 144 cm³/mol. The van der Waals surface area contributed by atoms with Crippen molar-refractivity contribution in [2.45, 2.75) is 32.7 Å². The van der Waals surface area contributed by atoms with Gasteiger partial charge in [0.2, 0.25) is 0 Å². The van der Waals surface area contributed by atoms with Gasteiger partial charge >= 0.3 is 0 Å². The zero-order valence-electron chi connectivity index (χ0n) is 21.4. The fraction of sp³-hybridized carbons (Fsp3) is 0.519. The number of likely N-dealkylation sites (tertiary alicyclic amines) is 1. The van der Waals surface area contributed by atoms with Crippen molar-refractivity contribution in [3.8, 4) is 0 Å². The van der Waals surface area contributed by atoms with E-state index in [1.54, 1.807) is 0 Å². The number of aromatic nitrogens is 3. The lowest BCUT2D eigenvalue weighted by Gasteiger charge is -2.32. The van der Waals surface area contributed by atoms with Crippen LogP contribution in [-0.2, 0) is 18.3 Å². The molecule has 3 aliphatic rings. The Bertz CT molecular complexity index is 1260. The molecule has 0 saturated carbocycles. The van der Waals surface area contributed by atoms with E-state index in [9.17, 15) is 0 Å². The molecule has 9 heteroatoms. The zero-order valence-corrected chi connectivity index (χ0v) is 21.4. The summed E-state index contributed by atoms with van der Waals surface area (Å²) >= 11 is 0. The van der Waals surface area contributed by atoms with E-state index >= 15 is 0 Å². The minimum atomic E-state index is 0.717. The highest BCUT2D eigenvalue weighted by Crippen LogP contribution is 2.31. The Morgan fingerprint density at radius 1 is 0.972 bits per heavy atom. The molecule has 0 spiro atoms. The number of aliphatic imine (C=N–C) groups is 1. The lowest BCUT2D eigenvalue weighted by atomic mass is 10.1. The predicted octanol–water partition coefficient (Wildman–Crippen LogP) is 2.87. The lowest BCUT2D eigenvalue weighted by molar-refractivity contribution is 0.123. The quantitative estimate of drug-likeness (QED) is 0.592. The van der Waals surface area contributed by atoms with Gasteiger partial charge in [-0.2, -0.15) is 0 Å². The van der Waals surface area contributed by atoms with Crippen LogP contribution in [0.5, 0.6) is 0 Å². The van der Waals surface area contributed by atoms with Gasteiger partial charge in [-0.15, -0.1) is 0 Å². The number of hydrogen-bond acceptors (Lipinski definition) is 8. The van der Waals surface area contributed by atoms with Gasteiger partial charge in [0.05, 0.1) is 38.5 Å². The van der Waals surface area contributed by atoms with Crippen molar-refractivity contribution in [2.24, 2.45) is 12.0 Å². The minimum Gasteiger partial charge on any atom is -0.378 e. The number of amidine groups is 1. The molecule has 0 bridgehead atoms. The molecule has 190 valence electrons. The van der Waals surface area contributed by atoms with Gasteiger partial charge in [0.1, 0.15) is 17.2 Å². The highest BCUT2D eigenvalue weighted by atomic mass is 16.5. The summed E-state index contributed by atoms with van der Waals surface area (Å²) in [5, 5.41) is 2.13. The number of benzene rings is 1. The second kappa shape index (κ2) is 10.1. The van der Waals surface area contributed by atoms with Crippen LogP contribution in [-0.4, -0.2) is 77.8 Å². The van der Waals surface area contributed by atoms with Gasteiger partial charge in [-0.1, -0.05) is 30.2 Å². The van der Waals surface area contributed by atoms with Crippen LogP contribution in [0.2, 0.25) is 0 Å². The Morgan fingerprint density at radius 3 is 2.61 bits per heavy atom. The van der Waals surface area contributed by atoms with Gasteiger partial charge in [0, 0.05) is 31.8 Å². The van der Waals surface area contributed by atoms with Crippen LogP contribution < -0.4 is 15.3 Å². The average molecular weight is 489 g/mol. The fourth-order valence-electron chi connectivity index (χ4n) is 5.41. The molecule has 36 heavy (non-hydrogen) atoms. The largest absolute Gasteiger partial charge is 0.378 e. The molecule has 3 aromatic rings. The topological polar surface area (TPSA) is 74.0 Å². The van der Waals surface area contributed by atoms with E-state index in [1.807, 2.05) is 0 Å². The summed E-state index contributed by atoms with van der Waals surface area (Å²) in [6, 6.07) is 10.6. The first-order valence-corrected chi connectivity index (χ1v) is 13.2. The molecule has 3 aliphatic heterocycles. The molecule has 2 fully saturated rings. The normalized spacial score (nSPS) is 19.4. The van der Waals surface area contributed by atoms with Gasteiger partial charge < -0.3 is 14.2 Å². The van der Waals surface area contributed by atoms with Crippen molar-refractivity contribution in [2.75, 3.05) is 62.4 Å². The Balaban J connectivity index is 1.36. The number of pyridine rings is 1. The van der Waals surface area contributed by atoms with Gasteiger partial charge in [0.25, 0.3) is 0 Å². The molecule has 2 saturated heterocycles. The van der Waals surface area contributed by atoms with Gasteiger partial charge in [0.15, 0.2) is 11.5 Å². The smallest absolute Gasteiger partial charge is 0.164 e. The second-order valence-corrected chi connectivity index (χ2v) is 10.1. The summed E-state index contributed by atoms with van der Waals surface area (Å²) in [5.41, 5.74) is 8.92. The van der Waals surface area contributed by atoms with Crippen molar-refractivity contribution in [1.29, 1.82) is 0 Å². The van der Waals surface area contributed by atoms with Crippen molar-refractivity contribution >= 4 is 28.5 Å². The number of aryl methyl sites for hydroxylation is 2. The molecule has 9 nitrogen and oxygen atoms in total. The highest BCUT2D eigenvalue weighted by Gasteiger charge is 2.25. The summed E-state index contributed by atoms with van der Waals surface area (Å²) < 4.78 is 7.85. The van der Waals surface area contributed by atoms with Crippen LogP contribution in [0.1, 0.15) is 36.2 Å². The first-order valence-electron chi connectivity index (χ1n) is 13.2. The van der Waals surface area contributed by atoms with E-state index in [2.05, 4.69) is 69.1 Å². The zero-order chi connectivity index (χ0) is 24.5. The third kappa shape index (κ3) is 4.65. The van der Waals surface area contributed by atoms with E-state index in [0.717, 1.165) is 92.4 Å². The van der Waals surface area contributed by atoms with Gasteiger partial charge in [-0.05, 0) is 38.9 Å². The van der Waals surface area contributed by atoms with Crippen LogP contribution in [0.3, 0.4) is 0 Å². The second-order valence-electron chi connectivity index (χ2n) is 10.1. The molecule has 1 N–H and O–H groups in total. The SMILES string of the molecule is Cc1cccc(C2=NCCN(c3cc(N4CCOCC4)c4nc(CN5CCCCC5)n(C)c4n3)N2)c1. The Kier molecular flexibility index (Phi) is 6.50. The Morgan fingerprint density at radius 2 is 1.81 bits per heavy atom. The molecule has 2 aromatic heterocycles. The number of morpholine rings is 1. The molecule has 6 rings (SSSR count). The van der Waals surface area contributed by atoms with E-state index in [1.165, 1.54) is 24.8 Å². The van der Waals surface area contributed by atoms with Gasteiger partial charge in [-0.25, -0.2) is 9.97 Å². The number of fused-ring (bicyclic) bond motifs is 1. The number of nitrogens with one attached hydrogen (secondary N) is 1. The van der Waals surface area contributed by atoms with Crippen molar-refractivity contribution in [3.63, 3.8) is 0 Å². The van der Waals surface area contributed by atoms with Crippen LogP contribution in [0.4, 0.5) is 11.5 Å². The van der Waals surface area contributed by atoms with Crippen molar-refractivity contribution < 1.29 is 4.74 Å². The highest BCUT2D eigenvalue weighted by molar-refractivity contribution is 6.00. The molecule has 0 amide bonds. The van der Waals surface area contributed by atoms with Crippen LogP contribution in [0, 0.1) is 6.92 Å². The summed E-state index contributed by atoms with van der Waals surface area (Å²) in [7, 11) is 2.11. The molecule has 5 heterocycles. The lowest BCUT2D eigenvalue weighted by Crippen LogP contribution is -2.48. The monoisotopic (exact) mass is 488 g/mol. The first kappa shape index (κ1) is 23.2. The molecule has 0 radical (unpaired) electrons. The number of anilines is 2. The summed E-state index contributed by atoms with van der Waals surface area (Å²) in [6.45, 7) is 9.95. The molecule has 0 unspecified atom stereocenters. The number of ether oxygens (including phenoxy) is 1. The Labute approximate surface area is 212 Å². The van der Waals surface area contributed by atoms with Crippen LogP contribution in [0.15, 0.2) is 35.3 Å². The molecular formula is C27H36N8O. The number of rotatable bonds is 5. The number of hydrazine groups is 1. The molecular weight excluding hydrogens is 452 g/mol. The average Bonchev–Trinajstić information content (AvgIpc) is 3.24. The third-order valence-corrected chi connectivity index (χ3v) is 7.45. The molecule has 1 aromatic carbocycles. The maximum Gasteiger partial charge on any atom is 0.164 e. The summed E-state index contributed by atoms with van der Waals surface area (Å²) in [4.78, 5) is 20.0. The van der Waals surface area contributed by atoms with E-state index in [0.29, 0.717) is 6.54 Å². The van der Waals surface area contributed by atoms with Crippen LogP contribution in [0.25, 0.3) is 11.2 Å². The molecule has 0 aliphatic carbocycles. The summed E-state index contributed by atoms with van der Waals surface area (Å²) in [6.07, 6.45) is 3.88. The summed E-state index contributed by atoms with van der Waals surface area (Å²) in [5.74, 6) is 2.87. The number of piperidine rings is 1. The van der Waals surface area contributed by atoms with Crippen molar-refractivity contribution in [1.82, 2.24) is 24.9 Å². The third-order valence-electron chi connectivity index (χ3n) is 7.45. The van der Waals surface area contributed by atoms with Crippen LogP contribution >= 0.6 is 0 Å². The standard InChI is InChI=1S/C27H36N8O/c1-20-7-6-8-21(17-20)26-28-9-12-35(31-26)23-18-22(34-13-15-36-16-14-34)25-27(30-23)32(2)24(29-25)19-33-10-4-3-5-11-33/h6-8,17-18H,3-5,9-16,19H2,1-2H3,(H,28,31). The van der Waals surface area contributed by atoms with E-state index in [-0.39, 0.29) is 0 Å². The van der Waals surface area contributed by atoms with E-state index < -0.39 is 0 Å². The number of hydrogen-bond donors (Lipinski definition) is 1. The Hall–Kier alpha value is -3.17. The first-order chi connectivity index (χ1) is 17.7. The molecule has 0 atom stereocenters. The maximum atomic E-state index is 5.65. The van der Waals surface area contributed by atoms with E-state index in [4.69, 9.17) is 19.7 Å². The maximum absolute atomic E-state index is 5.65. The van der Waals surface area contributed by atoms with Crippen molar-refractivity contribution in [3.05, 3.63) is 47.3 Å². The van der Waals surface area contributed by atoms with Gasteiger partial charge in [-0.3, -0.25) is 20.3 Å². The minimum absolute atomic E-state index is 0.717. The number of imidazole rings is 1.